The summed E-state index contributed by atoms with van der Waals surface area (Å²) in [6, 6.07) is 10.5. The minimum atomic E-state index is -0.245. The maximum Gasteiger partial charge on any atom is 0.336 e. The SMILES string of the molecule is Nc1ccc2ncn(CCOc3ccccc3Cl)c(=O)n12. The summed E-state index contributed by atoms with van der Waals surface area (Å²) in [5.74, 6) is 0.950. The zero-order chi connectivity index (χ0) is 14.8. The van der Waals surface area contributed by atoms with Crippen molar-refractivity contribution in [2.75, 3.05) is 12.3 Å². The number of para-hydroxylation sites is 1. The van der Waals surface area contributed by atoms with Crippen LogP contribution in [0.25, 0.3) is 5.65 Å². The number of nitrogens with two attached hydrogens (primary N) is 1. The molecule has 0 unspecified atom stereocenters. The van der Waals surface area contributed by atoms with Crippen LogP contribution in [-0.2, 0) is 6.54 Å². The highest BCUT2D eigenvalue weighted by Crippen LogP contribution is 2.22. The summed E-state index contributed by atoms with van der Waals surface area (Å²) < 4.78 is 8.36. The number of anilines is 1. The van der Waals surface area contributed by atoms with Gasteiger partial charge >= 0.3 is 5.69 Å². The fraction of sp³-hybridized carbons (Fsp3) is 0.143. The average Bonchev–Trinajstić information content (AvgIpc) is 2.85. The predicted molar refractivity (Wildman–Crippen MR) is 80.8 cm³/mol. The summed E-state index contributed by atoms with van der Waals surface area (Å²) in [6.45, 7) is 0.655. The molecule has 0 fully saturated rings. The molecule has 1 aromatic carbocycles. The van der Waals surface area contributed by atoms with E-state index in [4.69, 9.17) is 22.1 Å². The molecule has 3 rings (SSSR count). The predicted octanol–water partition coefficient (Wildman–Crippen LogP) is 1.81. The zero-order valence-corrected chi connectivity index (χ0v) is 11.8. The molecule has 0 amide bonds. The second-order valence-corrected chi connectivity index (χ2v) is 4.86. The molecule has 0 aliphatic rings. The Balaban J connectivity index is 1.77. The molecule has 3 aromatic rings. The van der Waals surface area contributed by atoms with Gasteiger partial charge in [0.1, 0.15) is 30.1 Å². The van der Waals surface area contributed by atoms with Crippen molar-refractivity contribution in [1.29, 1.82) is 0 Å². The van der Waals surface area contributed by atoms with Crippen LogP contribution in [0.5, 0.6) is 5.75 Å². The number of hydrogen-bond acceptors (Lipinski definition) is 4. The van der Waals surface area contributed by atoms with E-state index in [-0.39, 0.29) is 5.69 Å². The van der Waals surface area contributed by atoms with Gasteiger partial charge in [-0.25, -0.2) is 14.2 Å². The minimum Gasteiger partial charge on any atom is -0.490 e. The molecule has 2 N–H and O–H groups in total. The van der Waals surface area contributed by atoms with Crippen molar-refractivity contribution in [1.82, 2.24) is 14.0 Å². The Labute approximate surface area is 125 Å². The molecule has 0 aliphatic carbocycles. The van der Waals surface area contributed by atoms with Crippen LogP contribution in [0.2, 0.25) is 5.02 Å². The van der Waals surface area contributed by atoms with Gasteiger partial charge in [0, 0.05) is 0 Å². The molecular formula is C14H13ClN4O2. The van der Waals surface area contributed by atoms with Gasteiger partial charge in [0.2, 0.25) is 0 Å². The van der Waals surface area contributed by atoms with E-state index in [1.165, 1.54) is 15.3 Å². The molecule has 0 radical (unpaired) electrons. The van der Waals surface area contributed by atoms with E-state index in [9.17, 15) is 4.79 Å². The van der Waals surface area contributed by atoms with Crippen LogP contribution in [0.1, 0.15) is 0 Å². The third-order valence-electron chi connectivity index (χ3n) is 3.08. The normalized spacial score (nSPS) is 10.9. The quantitative estimate of drug-likeness (QED) is 0.797. The van der Waals surface area contributed by atoms with Gasteiger partial charge < -0.3 is 10.5 Å². The summed E-state index contributed by atoms with van der Waals surface area (Å²) in [5, 5.41) is 0.535. The van der Waals surface area contributed by atoms with Gasteiger partial charge in [0.25, 0.3) is 0 Å². The molecule has 21 heavy (non-hydrogen) atoms. The maximum absolute atomic E-state index is 12.2. The first kappa shape index (κ1) is 13.5. The standard InChI is InChI=1S/C14H13ClN4O2/c15-10-3-1-2-4-11(10)21-8-7-18-9-17-13-6-5-12(16)19(13)14(18)20/h1-6,9H,7-8,16H2. The highest BCUT2D eigenvalue weighted by molar-refractivity contribution is 6.32. The second-order valence-electron chi connectivity index (χ2n) is 4.45. The lowest BCUT2D eigenvalue weighted by Gasteiger charge is -2.09. The number of ether oxygens (including phenoxy) is 1. The fourth-order valence-corrected chi connectivity index (χ4v) is 2.22. The number of nitrogen functional groups attached to an aromatic ring is 1. The number of rotatable bonds is 4. The summed E-state index contributed by atoms with van der Waals surface area (Å²) >= 11 is 5.99. The molecule has 0 atom stereocenters. The van der Waals surface area contributed by atoms with Gasteiger partial charge in [-0.3, -0.25) is 4.57 Å². The Morgan fingerprint density at radius 3 is 2.86 bits per heavy atom. The van der Waals surface area contributed by atoms with Crippen molar-refractivity contribution < 1.29 is 4.74 Å². The van der Waals surface area contributed by atoms with E-state index in [2.05, 4.69) is 4.98 Å². The van der Waals surface area contributed by atoms with Gasteiger partial charge in [-0.05, 0) is 24.3 Å². The van der Waals surface area contributed by atoms with E-state index in [0.717, 1.165) is 0 Å². The lowest BCUT2D eigenvalue weighted by Crippen LogP contribution is -2.29. The first-order chi connectivity index (χ1) is 10.2. The molecule has 0 bridgehead atoms. The Morgan fingerprint density at radius 1 is 1.24 bits per heavy atom. The molecule has 108 valence electrons. The third-order valence-corrected chi connectivity index (χ3v) is 3.40. The highest BCUT2D eigenvalue weighted by Gasteiger charge is 2.06. The lowest BCUT2D eigenvalue weighted by atomic mass is 10.3. The van der Waals surface area contributed by atoms with Crippen LogP contribution in [0, 0.1) is 0 Å². The Hall–Kier alpha value is -2.47. The summed E-state index contributed by atoms with van der Waals surface area (Å²) in [5.41, 5.74) is 6.03. The summed E-state index contributed by atoms with van der Waals surface area (Å²) in [6.07, 6.45) is 1.48. The molecule has 0 saturated heterocycles. The average molecular weight is 305 g/mol. The zero-order valence-electron chi connectivity index (χ0n) is 11.1. The number of nitrogens with zero attached hydrogens (tertiary/aromatic N) is 3. The van der Waals surface area contributed by atoms with E-state index in [1.807, 2.05) is 12.1 Å². The first-order valence-corrected chi connectivity index (χ1v) is 6.74. The number of benzene rings is 1. The van der Waals surface area contributed by atoms with Gasteiger partial charge in [-0.2, -0.15) is 0 Å². The Morgan fingerprint density at radius 2 is 2.05 bits per heavy atom. The van der Waals surface area contributed by atoms with Crippen molar-refractivity contribution in [3.63, 3.8) is 0 Å². The van der Waals surface area contributed by atoms with Crippen molar-refractivity contribution in [3.05, 3.63) is 58.2 Å². The number of hydrogen-bond donors (Lipinski definition) is 1. The van der Waals surface area contributed by atoms with Gasteiger partial charge in [0.05, 0.1) is 11.6 Å². The second kappa shape index (κ2) is 5.49. The monoisotopic (exact) mass is 304 g/mol. The third kappa shape index (κ3) is 2.57. The summed E-state index contributed by atoms with van der Waals surface area (Å²) in [7, 11) is 0. The van der Waals surface area contributed by atoms with Crippen LogP contribution in [0.15, 0.2) is 47.5 Å². The Bertz CT molecular complexity index is 840. The van der Waals surface area contributed by atoms with Gasteiger partial charge in [-0.1, -0.05) is 23.7 Å². The van der Waals surface area contributed by atoms with Crippen LogP contribution < -0.4 is 16.2 Å². The van der Waals surface area contributed by atoms with E-state index in [1.54, 1.807) is 24.3 Å². The lowest BCUT2D eigenvalue weighted by molar-refractivity contribution is 0.294. The molecule has 2 heterocycles. The van der Waals surface area contributed by atoms with Crippen molar-refractivity contribution in [3.8, 4) is 5.75 Å². The molecule has 0 saturated carbocycles. The smallest absolute Gasteiger partial charge is 0.336 e. The largest absolute Gasteiger partial charge is 0.490 e. The van der Waals surface area contributed by atoms with Crippen LogP contribution in [0.4, 0.5) is 5.82 Å². The molecule has 6 nitrogen and oxygen atoms in total. The number of aromatic nitrogens is 3. The van der Waals surface area contributed by atoms with Crippen LogP contribution in [-0.4, -0.2) is 20.6 Å². The van der Waals surface area contributed by atoms with Crippen molar-refractivity contribution in [2.24, 2.45) is 0 Å². The van der Waals surface area contributed by atoms with E-state index in [0.29, 0.717) is 35.4 Å². The topological polar surface area (TPSA) is 74.5 Å². The molecular weight excluding hydrogens is 292 g/mol. The highest BCUT2D eigenvalue weighted by atomic mass is 35.5. The molecule has 0 aliphatic heterocycles. The van der Waals surface area contributed by atoms with E-state index < -0.39 is 0 Å². The van der Waals surface area contributed by atoms with Gasteiger partial charge in [-0.15, -0.1) is 0 Å². The minimum absolute atomic E-state index is 0.245. The maximum atomic E-state index is 12.2. The van der Waals surface area contributed by atoms with Crippen LogP contribution in [0.3, 0.4) is 0 Å². The van der Waals surface area contributed by atoms with Crippen molar-refractivity contribution >= 4 is 23.1 Å². The first-order valence-electron chi connectivity index (χ1n) is 6.36. The fourth-order valence-electron chi connectivity index (χ4n) is 2.03. The Kier molecular flexibility index (Phi) is 3.53. The van der Waals surface area contributed by atoms with E-state index >= 15 is 0 Å². The molecule has 0 spiro atoms. The molecule has 2 aromatic heterocycles. The number of fused-ring (bicyclic) bond motifs is 1. The van der Waals surface area contributed by atoms with Gasteiger partial charge in [0.15, 0.2) is 0 Å². The summed E-state index contributed by atoms with van der Waals surface area (Å²) in [4.78, 5) is 16.4. The number of halogens is 1. The van der Waals surface area contributed by atoms with Crippen molar-refractivity contribution in [2.45, 2.75) is 6.54 Å². The van der Waals surface area contributed by atoms with Crippen LogP contribution >= 0.6 is 11.6 Å². The molecule has 7 heteroatoms.